The molecule has 84 valence electrons. The van der Waals surface area contributed by atoms with Gasteiger partial charge in [0.15, 0.2) is 10.2 Å². The van der Waals surface area contributed by atoms with Crippen molar-refractivity contribution in [3.8, 4) is 0 Å². The van der Waals surface area contributed by atoms with Gasteiger partial charge in [-0.3, -0.25) is 0 Å². The van der Waals surface area contributed by atoms with Crippen molar-refractivity contribution < 1.29 is 14.3 Å². The molecule has 0 aliphatic rings. The molecule has 2 aromatic heterocycles. The van der Waals surface area contributed by atoms with Crippen molar-refractivity contribution >= 4 is 17.7 Å². The molecule has 2 aromatic rings. The van der Waals surface area contributed by atoms with Gasteiger partial charge < -0.3 is 14.1 Å². The van der Waals surface area contributed by atoms with E-state index in [9.17, 15) is 4.79 Å². The topological polar surface area (TPSA) is 68.3 Å². The number of hydrogen-bond acceptors (Lipinski definition) is 4. The van der Waals surface area contributed by atoms with Gasteiger partial charge in [0.05, 0.1) is 0 Å². The lowest BCUT2D eigenvalue weighted by Crippen LogP contribution is -1.94. The molecule has 0 aliphatic heterocycles. The zero-order valence-corrected chi connectivity index (χ0v) is 9.40. The van der Waals surface area contributed by atoms with Crippen LogP contribution in [-0.2, 0) is 6.54 Å². The van der Waals surface area contributed by atoms with E-state index in [1.807, 2.05) is 17.7 Å². The molecular weight excluding hydrogens is 228 g/mol. The summed E-state index contributed by atoms with van der Waals surface area (Å²) in [4.78, 5) is 14.8. The summed E-state index contributed by atoms with van der Waals surface area (Å²) in [5.41, 5.74) is 0. The molecule has 6 heteroatoms. The second kappa shape index (κ2) is 4.44. The molecule has 16 heavy (non-hydrogen) atoms. The van der Waals surface area contributed by atoms with E-state index < -0.39 is 5.97 Å². The summed E-state index contributed by atoms with van der Waals surface area (Å²) in [6, 6.07) is 3.06. The normalized spacial score (nSPS) is 10.6. The van der Waals surface area contributed by atoms with Gasteiger partial charge in [-0.2, -0.15) is 0 Å². The summed E-state index contributed by atoms with van der Waals surface area (Å²) in [7, 11) is 0. The monoisotopic (exact) mass is 238 g/mol. The Kier molecular flexibility index (Phi) is 3.00. The number of rotatable bonds is 4. The highest BCUT2D eigenvalue weighted by atomic mass is 32.2. The lowest BCUT2D eigenvalue weighted by molar-refractivity contribution is 0.0656. The predicted octanol–water partition coefficient (Wildman–Crippen LogP) is 2.35. The third kappa shape index (κ3) is 2.11. The van der Waals surface area contributed by atoms with Gasteiger partial charge in [-0.05, 0) is 30.8 Å². The Hall–Kier alpha value is -1.69. The van der Waals surface area contributed by atoms with Gasteiger partial charge >= 0.3 is 5.97 Å². The third-order valence-electron chi connectivity index (χ3n) is 2.00. The molecule has 0 amide bonds. The Morgan fingerprint density at radius 1 is 1.62 bits per heavy atom. The standard InChI is InChI=1S/C10H10N2O3S/c1-2-12-6-5-11-10(12)16-8-4-3-7(15-8)9(13)14/h3-6H,2H2,1H3,(H,13,14). The average Bonchev–Trinajstić information content (AvgIpc) is 2.87. The molecule has 0 atom stereocenters. The molecule has 2 heterocycles. The fraction of sp³-hybridized carbons (Fsp3) is 0.200. The van der Waals surface area contributed by atoms with Crippen LogP contribution in [0, 0.1) is 0 Å². The van der Waals surface area contributed by atoms with E-state index in [1.165, 1.54) is 17.8 Å². The van der Waals surface area contributed by atoms with Crippen LogP contribution in [0.3, 0.4) is 0 Å². The minimum Gasteiger partial charge on any atom is -0.475 e. The van der Waals surface area contributed by atoms with Crippen LogP contribution < -0.4 is 0 Å². The van der Waals surface area contributed by atoms with Crippen LogP contribution in [-0.4, -0.2) is 20.6 Å². The van der Waals surface area contributed by atoms with E-state index in [0.29, 0.717) is 5.09 Å². The van der Waals surface area contributed by atoms with Crippen LogP contribution in [0.15, 0.2) is 39.2 Å². The van der Waals surface area contributed by atoms with E-state index >= 15 is 0 Å². The summed E-state index contributed by atoms with van der Waals surface area (Å²) in [6.45, 7) is 2.82. The third-order valence-corrected chi connectivity index (χ3v) is 2.95. The van der Waals surface area contributed by atoms with Gasteiger partial charge in [-0.1, -0.05) is 0 Å². The molecular formula is C10H10N2O3S. The number of nitrogens with zero attached hydrogens (tertiary/aromatic N) is 2. The highest BCUT2D eigenvalue weighted by Gasteiger charge is 2.11. The zero-order chi connectivity index (χ0) is 11.5. The zero-order valence-electron chi connectivity index (χ0n) is 8.58. The first-order valence-corrected chi connectivity index (χ1v) is 5.54. The molecule has 0 saturated carbocycles. The minimum atomic E-state index is -1.06. The van der Waals surface area contributed by atoms with Crippen molar-refractivity contribution in [2.45, 2.75) is 23.7 Å². The van der Waals surface area contributed by atoms with Gasteiger partial charge in [0, 0.05) is 18.9 Å². The predicted molar refractivity (Wildman–Crippen MR) is 57.7 cm³/mol. The second-order valence-corrected chi connectivity index (χ2v) is 3.99. The summed E-state index contributed by atoms with van der Waals surface area (Å²) in [6.07, 6.45) is 3.57. The molecule has 0 bridgehead atoms. The van der Waals surface area contributed by atoms with Crippen LogP contribution in [0.1, 0.15) is 17.5 Å². The summed E-state index contributed by atoms with van der Waals surface area (Å²) in [5.74, 6) is -1.12. The first kappa shape index (κ1) is 10.8. The van der Waals surface area contributed by atoms with Crippen LogP contribution >= 0.6 is 11.8 Å². The van der Waals surface area contributed by atoms with Crippen LogP contribution in [0.4, 0.5) is 0 Å². The number of furan rings is 1. The highest BCUT2D eigenvalue weighted by molar-refractivity contribution is 7.99. The Labute approximate surface area is 96.1 Å². The summed E-state index contributed by atoms with van der Waals surface area (Å²) in [5, 5.41) is 10.0. The van der Waals surface area contributed by atoms with Gasteiger partial charge in [-0.15, -0.1) is 0 Å². The average molecular weight is 238 g/mol. The first-order chi connectivity index (χ1) is 7.70. The smallest absolute Gasteiger partial charge is 0.371 e. The maximum Gasteiger partial charge on any atom is 0.371 e. The Morgan fingerprint density at radius 3 is 3.06 bits per heavy atom. The number of hydrogen-bond donors (Lipinski definition) is 1. The van der Waals surface area contributed by atoms with Gasteiger partial charge in [0.1, 0.15) is 0 Å². The Morgan fingerprint density at radius 2 is 2.44 bits per heavy atom. The molecule has 2 rings (SSSR count). The number of aromatic nitrogens is 2. The van der Waals surface area contributed by atoms with E-state index in [2.05, 4.69) is 4.98 Å². The minimum absolute atomic E-state index is 0.0582. The van der Waals surface area contributed by atoms with Gasteiger partial charge in [0.2, 0.25) is 5.76 Å². The van der Waals surface area contributed by atoms with Crippen LogP contribution in [0.5, 0.6) is 0 Å². The maximum atomic E-state index is 10.6. The van der Waals surface area contributed by atoms with E-state index in [1.54, 1.807) is 12.3 Å². The molecule has 1 N–H and O–H groups in total. The SMILES string of the molecule is CCn1ccnc1Sc1ccc(C(=O)O)o1. The summed E-state index contributed by atoms with van der Waals surface area (Å²) < 4.78 is 7.08. The molecule has 0 aromatic carbocycles. The second-order valence-electron chi connectivity index (χ2n) is 3.02. The number of imidazole rings is 1. The van der Waals surface area contributed by atoms with Crippen molar-refractivity contribution in [1.29, 1.82) is 0 Å². The quantitative estimate of drug-likeness (QED) is 0.885. The van der Waals surface area contributed by atoms with Crippen molar-refractivity contribution in [1.82, 2.24) is 9.55 Å². The number of aryl methyl sites for hydroxylation is 1. The van der Waals surface area contributed by atoms with Crippen LogP contribution in [0.25, 0.3) is 0 Å². The van der Waals surface area contributed by atoms with Gasteiger partial charge in [-0.25, -0.2) is 9.78 Å². The number of carbonyl (C=O) groups is 1. The summed E-state index contributed by atoms with van der Waals surface area (Å²) >= 11 is 1.31. The first-order valence-electron chi connectivity index (χ1n) is 4.73. The number of carboxylic acids is 1. The Bertz CT molecular complexity index is 504. The number of carboxylic acid groups (broad SMARTS) is 1. The molecule has 0 fully saturated rings. The molecule has 0 radical (unpaired) electrons. The lowest BCUT2D eigenvalue weighted by atomic mass is 10.5. The van der Waals surface area contributed by atoms with Crippen molar-refractivity contribution in [3.05, 3.63) is 30.3 Å². The van der Waals surface area contributed by atoms with E-state index in [4.69, 9.17) is 9.52 Å². The molecule has 0 saturated heterocycles. The molecule has 5 nitrogen and oxygen atoms in total. The number of aromatic carboxylic acids is 1. The van der Waals surface area contributed by atoms with Crippen molar-refractivity contribution in [3.63, 3.8) is 0 Å². The van der Waals surface area contributed by atoms with Crippen molar-refractivity contribution in [2.75, 3.05) is 0 Å². The lowest BCUT2D eigenvalue weighted by Gasteiger charge is -2.00. The highest BCUT2D eigenvalue weighted by Crippen LogP contribution is 2.27. The fourth-order valence-corrected chi connectivity index (χ4v) is 2.09. The van der Waals surface area contributed by atoms with Crippen LogP contribution in [0.2, 0.25) is 0 Å². The largest absolute Gasteiger partial charge is 0.475 e. The Balaban J connectivity index is 2.17. The molecule has 0 spiro atoms. The fourth-order valence-electron chi connectivity index (χ4n) is 1.22. The molecule has 0 aliphatic carbocycles. The maximum absolute atomic E-state index is 10.6. The van der Waals surface area contributed by atoms with Gasteiger partial charge in [0.25, 0.3) is 0 Å². The van der Waals surface area contributed by atoms with E-state index in [-0.39, 0.29) is 5.76 Å². The van der Waals surface area contributed by atoms with E-state index in [0.717, 1.165) is 11.7 Å². The van der Waals surface area contributed by atoms with Crippen molar-refractivity contribution in [2.24, 2.45) is 0 Å². The molecule has 0 unspecified atom stereocenters.